The number of carbonyl (C=O) groups excluding carboxylic acids is 1. The molecule has 0 spiro atoms. The van der Waals surface area contributed by atoms with Crippen LogP contribution >= 0.6 is 36.0 Å². The second kappa shape index (κ2) is 29.0. The maximum Gasteiger partial charge on any atom is 1.00 e. The molecule has 35 heteroatoms. The summed E-state index contributed by atoms with van der Waals surface area (Å²) in [7, 11) is -14.3. The molecule has 7 aromatic rings. The Kier molecular flexibility index (Phi) is 25.8. The number of phenols is 1. The molecule has 6 aromatic carbocycles. The van der Waals surface area contributed by atoms with E-state index in [2.05, 4.69) is 59.9 Å². The number of halogens is 1. The molecule has 0 bridgehead atoms. The number of nitrogens with one attached hydrogen (secondary N) is 3. The van der Waals surface area contributed by atoms with Crippen molar-refractivity contribution >= 4 is 134 Å². The number of fused-ring (bicyclic) bond motifs is 2. The number of rotatable bonds is 20. The quantitative estimate of drug-likeness (QED) is 0.0105. The topological polar surface area (TPSA) is 378 Å². The van der Waals surface area contributed by atoms with Crippen molar-refractivity contribution in [2.24, 2.45) is 10.2 Å². The SMILES string of the molecule is O=C(Nc1cccc(S(=O)(=O)CCOSOO[O-])c1)c1ccc(Nc2nc(Cl)nc(Nc3ccc4c(O)c(N=Nc5ccc6c(S(=O)(=O)[O-])cccc6c5S(=O)(=O)[O-])c(SOO[O-])cc4c3)n2)cc1.[Na+].[Na+].[Na+].[Na+]. The zero-order valence-electron chi connectivity index (χ0n) is 37.9. The predicted octanol–water partition coefficient (Wildman–Crippen LogP) is -6.68. The van der Waals surface area contributed by atoms with Gasteiger partial charge in [-0.15, -0.1) is 14.6 Å². The third kappa shape index (κ3) is 17.1. The minimum absolute atomic E-state index is 0. The number of amides is 1. The molecule has 25 nitrogen and oxygen atoms in total. The number of aromatic hydroxyl groups is 1. The van der Waals surface area contributed by atoms with Gasteiger partial charge in [-0.3, -0.25) is 19.1 Å². The number of aromatic nitrogens is 3. The summed E-state index contributed by atoms with van der Waals surface area (Å²) >= 11 is 6.68. The first kappa shape index (κ1) is 65.1. The Labute approximate surface area is 515 Å². The van der Waals surface area contributed by atoms with E-state index >= 15 is 0 Å². The van der Waals surface area contributed by atoms with Crippen molar-refractivity contribution in [1.29, 1.82) is 0 Å². The standard InChI is InChI=1S/C38H29ClN8O17S5.4Na/c39-36-43-37(41-22-9-7-20(8-10-22)35(49)40-23-3-1-4-25(19-23)67(52,53)16-15-60-66-64-62-51)45-38(44-36)42-24-11-12-26-21(17-24)18-30(65-63-61-50)32(33(26)48)47-46-29-14-13-27-28(34(29)69(57,58)59)5-2-6-31(27)68(54,55)56;;;;/h1-14,17-19,48,50-51H,15-16H2,(H,40,49)(H,54,55,56)(H,57,58,59)(H2,41,42,43,44,45);;;;/q;4*+1/p-4. The van der Waals surface area contributed by atoms with Gasteiger partial charge in [0, 0.05) is 38.8 Å². The summed E-state index contributed by atoms with van der Waals surface area (Å²) in [5, 5.41) is 54.3. The molecule has 0 atom stereocenters. The average molecular weight is 1150 g/mol. The van der Waals surface area contributed by atoms with E-state index in [1.54, 1.807) is 0 Å². The Hall–Kier alpha value is -2.20. The Morgan fingerprint density at radius 2 is 1.34 bits per heavy atom. The first-order chi connectivity index (χ1) is 32.8. The Morgan fingerprint density at radius 3 is 2.00 bits per heavy atom. The molecular formula is C38H25ClN8Na4O17S5. The van der Waals surface area contributed by atoms with E-state index in [9.17, 15) is 54.8 Å². The van der Waals surface area contributed by atoms with Gasteiger partial charge in [0.15, 0.2) is 27.9 Å². The van der Waals surface area contributed by atoms with Crippen LogP contribution < -0.4 is 145 Å². The molecule has 73 heavy (non-hydrogen) atoms. The second-order valence-electron chi connectivity index (χ2n) is 13.5. The fourth-order valence-electron chi connectivity index (χ4n) is 6.32. The maximum absolute atomic E-state index is 13.0. The number of sulfone groups is 1. The van der Waals surface area contributed by atoms with Gasteiger partial charge in [0.25, 0.3) is 5.91 Å². The number of azo groups is 1. The van der Waals surface area contributed by atoms with Crippen LogP contribution in [0.3, 0.4) is 0 Å². The van der Waals surface area contributed by atoms with Crippen molar-refractivity contribution < 1.29 is 196 Å². The molecule has 4 N–H and O–H groups in total. The molecular weight excluding hydrogens is 1130 g/mol. The minimum atomic E-state index is -5.40. The smallest absolute Gasteiger partial charge is 0.744 e. The van der Waals surface area contributed by atoms with Crippen molar-refractivity contribution in [3.05, 3.63) is 114 Å². The van der Waals surface area contributed by atoms with Crippen LogP contribution in [0, 0.1) is 0 Å². The van der Waals surface area contributed by atoms with Crippen molar-refractivity contribution in [2.45, 2.75) is 19.6 Å². The van der Waals surface area contributed by atoms with Crippen molar-refractivity contribution in [3.8, 4) is 5.75 Å². The van der Waals surface area contributed by atoms with Crippen LogP contribution in [-0.4, -0.2) is 72.7 Å². The second-order valence-corrected chi connectivity index (χ2v) is 19.9. The van der Waals surface area contributed by atoms with Gasteiger partial charge in [-0.1, -0.05) is 24.3 Å². The number of carbonyl (C=O) groups is 1. The number of hydrogen-bond acceptors (Lipinski definition) is 26. The normalized spacial score (nSPS) is 11.5. The summed E-state index contributed by atoms with van der Waals surface area (Å²) in [6, 6.07) is 22.5. The number of hydrogen-bond donors (Lipinski definition) is 4. The van der Waals surface area contributed by atoms with Crippen molar-refractivity contribution in [1.82, 2.24) is 15.0 Å². The summed E-state index contributed by atoms with van der Waals surface area (Å²) in [4.78, 5) is 23.5. The predicted molar refractivity (Wildman–Crippen MR) is 238 cm³/mol. The van der Waals surface area contributed by atoms with E-state index in [1.165, 1.54) is 72.8 Å². The maximum atomic E-state index is 13.0. The summed E-state index contributed by atoms with van der Waals surface area (Å²) < 4.78 is 111. The molecule has 7 rings (SSSR count). The van der Waals surface area contributed by atoms with Crippen molar-refractivity contribution in [3.63, 3.8) is 0 Å². The zero-order chi connectivity index (χ0) is 49.5. The first-order valence-electron chi connectivity index (χ1n) is 18.6. The van der Waals surface area contributed by atoms with E-state index in [0.29, 0.717) is 11.4 Å². The Balaban J connectivity index is 0.00000352. The van der Waals surface area contributed by atoms with Gasteiger partial charge in [0.05, 0.1) is 44.0 Å². The van der Waals surface area contributed by atoms with E-state index < -0.39 is 68.3 Å². The van der Waals surface area contributed by atoms with Crippen LogP contribution in [0.25, 0.3) is 21.5 Å². The van der Waals surface area contributed by atoms with Gasteiger partial charge in [0.2, 0.25) is 17.2 Å². The minimum Gasteiger partial charge on any atom is -0.744 e. The van der Waals surface area contributed by atoms with Gasteiger partial charge >= 0.3 is 118 Å². The molecule has 0 unspecified atom stereocenters. The van der Waals surface area contributed by atoms with Crippen LogP contribution in [0.4, 0.5) is 40.3 Å². The molecule has 360 valence electrons. The third-order valence-electron chi connectivity index (χ3n) is 9.19. The number of phenolic OH excluding ortho intramolecular Hbond substituents is 1. The van der Waals surface area contributed by atoms with Gasteiger partial charge in [-0.25, -0.2) is 25.3 Å². The van der Waals surface area contributed by atoms with Crippen LogP contribution in [-0.2, 0) is 53.0 Å². The molecule has 1 amide bonds. The summed E-state index contributed by atoms with van der Waals surface area (Å²) in [5.74, 6) is -1.67. The molecule has 0 fully saturated rings. The third-order valence-corrected chi connectivity index (χ3v) is 13.8. The van der Waals surface area contributed by atoms with Gasteiger partial charge in [-0.2, -0.15) is 19.3 Å². The summed E-state index contributed by atoms with van der Waals surface area (Å²) in [6.45, 7) is -0.323. The van der Waals surface area contributed by atoms with E-state index in [0.717, 1.165) is 30.3 Å². The van der Waals surface area contributed by atoms with Gasteiger partial charge in [0.1, 0.15) is 31.6 Å². The molecule has 0 aliphatic carbocycles. The molecule has 0 saturated heterocycles. The number of benzene rings is 6. The Bertz CT molecular complexity index is 3490. The molecule has 0 aliphatic rings. The van der Waals surface area contributed by atoms with Crippen LogP contribution in [0.2, 0.25) is 5.28 Å². The van der Waals surface area contributed by atoms with Gasteiger partial charge in [-0.05, 0) is 95.8 Å². The number of nitrogens with zero attached hydrogens (tertiary/aromatic N) is 5. The van der Waals surface area contributed by atoms with Gasteiger partial charge < -0.3 is 40.7 Å². The molecule has 0 radical (unpaired) electrons. The summed E-state index contributed by atoms with van der Waals surface area (Å²) in [6.07, 6.45) is 0. The van der Waals surface area contributed by atoms with Crippen LogP contribution in [0.5, 0.6) is 5.75 Å². The monoisotopic (exact) mass is 1150 g/mol. The van der Waals surface area contributed by atoms with E-state index in [1.807, 2.05) is 0 Å². The largest absolute Gasteiger partial charge is 1.00 e. The zero-order valence-corrected chi connectivity index (χ0v) is 50.7. The first-order valence-corrected chi connectivity index (χ1v) is 24.9. The summed E-state index contributed by atoms with van der Waals surface area (Å²) in [5.41, 5.74) is 0.163. The fourth-order valence-corrected chi connectivity index (χ4v) is 9.92. The molecule has 1 heterocycles. The average Bonchev–Trinajstić information content (AvgIpc) is 3.29. The van der Waals surface area contributed by atoms with Crippen LogP contribution in [0.15, 0.2) is 133 Å². The van der Waals surface area contributed by atoms with E-state index in [4.69, 9.17) is 15.8 Å². The van der Waals surface area contributed by atoms with Crippen LogP contribution in [0.1, 0.15) is 10.4 Å². The molecule has 1 aromatic heterocycles. The molecule has 0 saturated carbocycles. The Morgan fingerprint density at radius 1 is 0.699 bits per heavy atom. The van der Waals surface area contributed by atoms with E-state index in [-0.39, 0.29) is 209 Å². The van der Waals surface area contributed by atoms with Crippen molar-refractivity contribution in [2.75, 3.05) is 28.3 Å². The number of anilines is 5. The fraction of sp³-hybridized carbons (Fsp3) is 0.0526. The molecule has 0 aliphatic heterocycles.